The van der Waals surface area contributed by atoms with E-state index in [0.717, 1.165) is 40.4 Å². The Morgan fingerprint density at radius 3 is 1.35 bits per heavy atom. The van der Waals surface area contributed by atoms with E-state index in [0.29, 0.717) is 0 Å². The minimum Gasteiger partial charge on any atom is -0.507 e. The number of hydrogen-bond acceptors (Lipinski definition) is 5. The number of fused-ring (bicyclic) bond motifs is 3. The molecule has 5 aromatic carbocycles. The summed E-state index contributed by atoms with van der Waals surface area (Å²) in [5, 5.41) is 19.6. The molecule has 1 aliphatic rings. The Balaban J connectivity index is 0.000000180. The number of phenols is 2. The van der Waals surface area contributed by atoms with Gasteiger partial charge < -0.3 is 15.1 Å². The van der Waals surface area contributed by atoms with Crippen molar-refractivity contribution < 1.29 is 35.8 Å². The number of para-hydroxylation sites is 4. The molecule has 0 aliphatic carbocycles. The molecule has 3 aromatic heterocycles. The monoisotopic (exact) mass is 1000 g/mol. The molecule has 6 nitrogen and oxygen atoms in total. The topological polar surface area (TPSA) is 73.4 Å². The van der Waals surface area contributed by atoms with E-state index in [1.807, 2.05) is 60.7 Å². The van der Waals surface area contributed by atoms with Gasteiger partial charge in [0.25, 0.3) is 0 Å². The van der Waals surface area contributed by atoms with E-state index < -0.39 is 0 Å². The van der Waals surface area contributed by atoms with Gasteiger partial charge in [-0.05, 0) is 101 Å². The normalized spacial score (nSPS) is 11.2. The van der Waals surface area contributed by atoms with Crippen LogP contribution in [0.1, 0.15) is 65.7 Å². The van der Waals surface area contributed by atoms with Crippen LogP contribution in [-0.2, 0) is 38.4 Å². The molecular weight excluding hydrogens is 944 g/mol. The minimum absolute atomic E-state index is 0. The van der Waals surface area contributed by atoms with Crippen LogP contribution >= 0.6 is 0 Å². The van der Waals surface area contributed by atoms with Crippen molar-refractivity contribution in [2.45, 2.75) is 66.3 Å². The molecule has 4 heterocycles. The van der Waals surface area contributed by atoms with E-state index in [2.05, 4.69) is 164 Å². The van der Waals surface area contributed by atoms with Crippen LogP contribution < -0.4 is 9.47 Å². The Morgan fingerprint density at radius 2 is 0.903 bits per heavy atom. The molecule has 9 rings (SSSR count). The zero-order valence-electron chi connectivity index (χ0n) is 35.6. The summed E-state index contributed by atoms with van der Waals surface area (Å²) >= 11 is 0. The summed E-state index contributed by atoms with van der Waals surface area (Å²) in [4.78, 5) is 11.0. The smallest absolute Gasteiger partial charge is 0.215 e. The molecule has 0 unspecified atom stereocenters. The molecule has 0 atom stereocenters. The van der Waals surface area contributed by atoms with Crippen molar-refractivity contribution in [2.24, 2.45) is 0 Å². The molecule has 0 amide bonds. The second-order valence-electron chi connectivity index (χ2n) is 17.0. The van der Waals surface area contributed by atoms with E-state index >= 15 is 0 Å². The van der Waals surface area contributed by atoms with Gasteiger partial charge in [-0.1, -0.05) is 128 Å². The van der Waals surface area contributed by atoms with Crippen molar-refractivity contribution in [1.29, 1.82) is 0 Å². The Bertz CT molecular complexity index is 2550. The third kappa shape index (κ3) is 11.1. The Hall–Kier alpha value is -6.36. The molecule has 0 spiro atoms. The van der Waals surface area contributed by atoms with Crippen molar-refractivity contribution in [1.82, 2.24) is 9.97 Å². The van der Waals surface area contributed by atoms with E-state index in [-0.39, 0.29) is 50.8 Å². The maximum Gasteiger partial charge on any atom is 0.215 e. The quantitative estimate of drug-likeness (QED) is 0.168. The standard InChI is InChI=1S/C24H19N2.2C15H17NO.CH4.Pt/c1-3-10-20(11-4-1)26(21-12-5-2-6-13-21)22-15-16-25-18-19-9-7-8-14-23(19)24(25)17-22;2*1-15(2,3)11-8-9-16-13(10-11)12-6-4-5-7-14(12)17;;/h1-17H,18H2;2*4-10,17H,1-3H3;1H4;/q+1;;;;. The summed E-state index contributed by atoms with van der Waals surface area (Å²) in [6, 6.07) is 56.9. The first-order chi connectivity index (χ1) is 28.9. The molecule has 8 aromatic rings. The van der Waals surface area contributed by atoms with Crippen LogP contribution in [0.15, 0.2) is 188 Å². The van der Waals surface area contributed by atoms with Crippen molar-refractivity contribution >= 4 is 17.1 Å². The van der Waals surface area contributed by atoms with Gasteiger partial charge in [-0.15, -0.1) is 0 Å². The van der Waals surface area contributed by atoms with E-state index in [4.69, 9.17) is 0 Å². The molecule has 0 bridgehead atoms. The zero-order chi connectivity index (χ0) is 42.3. The van der Waals surface area contributed by atoms with Crippen molar-refractivity contribution in [3.8, 4) is 45.3 Å². The maximum atomic E-state index is 9.82. The Morgan fingerprint density at radius 1 is 0.484 bits per heavy atom. The summed E-state index contributed by atoms with van der Waals surface area (Å²) < 4.78 is 2.32. The zero-order valence-corrected chi connectivity index (χ0v) is 37.9. The average Bonchev–Trinajstić information content (AvgIpc) is 3.63. The van der Waals surface area contributed by atoms with Gasteiger partial charge in [0.2, 0.25) is 5.69 Å². The van der Waals surface area contributed by atoms with Crippen LogP contribution in [0.5, 0.6) is 11.5 Å². The van der Waals surface area contributed by atoms with Crippen LogP contribution in [0.25, 0.3) is 33.8 Å². The summed E-state index contributed by atoms with van der Waals surface area (Å²) in [6.07, 6.45) is 5.79. The number of nitrogens with zero attached hydrogens (tertiary/aromatic N) is 4. The molecular formula is C55H57N4O2Pt+. The molecule has 0 fully saturated rings. The summed E-state index contributed by atoms with van der Waals surface area (Å²) in [6.45, 7) is 13.9. The minimum atomic E-state index is 0. The second-order valence-corrected chi connectivity index (χ2v) is 17.0. The van der Waals surface area contributed by atoms with Crippen molar-refractivity contribution in [2.75, 3.05) is 4.90 Å². The number of phenolic OH excluding ortho intramolecular Hbond substituents is 2. The van der Waals surface area contributed by atoms with E-state index in [1.165, 1.54) is 33.6 Å². The van der Waals surface area contributed by atoms with Gasteiger partial charge >= 0.3 is 0 Å². The molecule has 1 aliphatic heterocycles. The Labute approximate surface area is 382 Å². The number of aromatic nitrogens is 3. The van der Waals surface area contributed by atoms with Crippen molar-refractivity contribution in [3.63, 3.8) is 0 Å². The summed E-state index contributed by atoms with van der Waals surface area (Å²) in [5.41, 5.74) is 13.3. The van der Waals surface area contributed by atoms with Crippen LogP contribution in [0.4, 0.5) is 17.1 Å². The van der Waals surface area contributed by atoms with Gasteiger partial charge in [0.1, 0.15) is 11.5 Å². The molecule has 0 saturated carbocycles. The van der Waals surface area contributed by atoms with Crippen LogP contribution in [-0.4, -0.2) is 20.2 Å². The first kappa shape index (κ1) is 46.7. The van der Waals surface area contributed by atoms with Gasteiger partial charge in [0, 0.05) is 73.7 Å². The van der Waals surface area contributed by atoms with Gasteiger partial charge in [0.15, 0.2) is 12.7 Å². The molecule has 62 heavy (non-hydrogen) atoms. The fourth-order valence-electron chi connectivity index (χ4n) is 7.19. The first-order valence-electron chi connectivity index (χ1n) is 20.4. The van der Waals surface area contributed by atoms with E-state index in [1.54, 1.807) is 24.5 Å². The molecule has 7 heteroatoms. The van der Waals surface area contributed by atoms with Gasteiger partial charge in [0.05, 0.1) is 22.6 Å². The first-order valence-corrected chi connectivity index (χ1v) is 20.4. The second kappa shape index (κ2) is 20.5. The maximum absolute atomic E-state index is 9.82. The van der Waals surface area contributed by atoms with Gasteiger partial charge in [-0.2, -0.15) is 4.57 Å². The fraction of sp³-hybridized carbons (Fsp3) is 0.182. The van der Waals surface area contributed by atoms with Crippen LogP contribution in [0.2, 0.25) is 0 Å². The molecule has 0 saturated heterocycles. The third-order valence-corrected chi connectivity index (χ3v) is 10.6. The predicted octanol–water partition coefficient (Wildman–Crippen LogP) is 13.6. The summed E-state index contributed by atoms with van der Waals surface area (Å²) in [7, 11) is 0. The molecule has 2 N–H and O–H groups in total. The SMILES string of the molecule is C.CC(C)(C)c1ccnc(-c2ccccc2O)c1.CC(C)(C)c1ccnc(-c2ccccc2O)c1.[Pt].c1ccc(N(c2ccccc2)c2cc[n+]3c(c2)-c2ccccc2C3)cc1. The van der Waals surface area contributed by atoms with Crippen LogP contribution in [0.3, 0.4) is 0 Å². The van der Waals surface area contributed by atoms with Gasteiger partial charge in [-0.3, -0.25) is 9.97 Å². The predicted molar refractivity (Wildman–Crippen MR) is 253 cm³/mol. The number of rotatable bonds is 5. The van der Waals surface area contributed by atoms with Gasteiger partial charge in [-0.25, -0.2) is 0 Å². The number of anilines is 3. The number of hydrogen-bond donors (Lipinski definition) is 2. The fourth-order valence-corrected chi connectivity index (χ4v) is 7.19. The van der Waals surface area contributed by atoms with Crippen LogP contribution in [0, 0.1) is 0 Å². The Kier molecular flexibility index (Phi) is 15.4. The molecule has 318 valence electrons. The third-order valence-electron chi connectivity index (χ3n) is 10.6. The average molecular weight is 1000 g/mol. The number of pyridine rings is 3. The molecule has 0 radical (unpaired) electrons. The van der Waals surface area contributed by atoms with Crippen molar-refractivity contribution in [3.05, 3.63) is 205 Å². The number of benzene rings is 5. The summed E-state index contributed by atoms with van der Waals surface area (Å²) in [5.74, 6) is 0.539. The largest absolute Gasteiger partial charge is 0.507 e. The van der Waals surface area contributed by atoms with E-state index in [9.17, 15) is 10.2 Å². The number of aromatic hydroxyl groups is 2.